The maximum Gasteiger partial charge on any atom is 0.333 e. The van der Waals surface area contributed by atoms with Crippen molar-refractivity contribution >= 4 is 5.97 Å². The number of esters is 1. The summed E-state index contributed by atoms with van der Waals surface area (Å²) in [5.74, 6) is -0.215. The van der Waals surface area contributed by atoms with E-state index in [9.17, 15) is 4.79 Å². The molecular formula is C15H28N2O2. The maximum atomic E-state index is 11.4. The minimum absolute atomic E-state index is 0.215. The van der Waals surface area contributed by atoms with Gasteiger partial charge < -0.3 is 15.0 Å². The van der Waals surface area contributed by atoms with Crippen LogP contribution in [0.2, 0.25) is 0 Å². The van der Waals surface area contributed by atoms with Gasteiger partial charge in [0.15, 0.2) is 0 Å². The topological polar surface area (TPSA) is 41.6 Å². The molecule has 0 aromatic carbocycles. The Morgan fingerprint density at radius 2 is 2.00 bits per heavy atom. The number of carbonyl (C=O) groups excluding carboxylic acids is 1. The van der Waals surface area contributed by atoms with Crippen molar-refractivity contribution in [2.45, 2.75) is 44.6 Å². The van der Waals surface area contributed by atoms with E-state index in [0.717, 1.165) is 18.7 Å². The smallest absolute Gasteiger partial charge is 0.333 e. The van der Waals surface area contributed by atoms with E-state index in [2.05, 4.69) is 24.3 Å². The van der Waals surface area contributed by atoms with Gasteiger partial charge in [-0.05, 0) is 33.4 Å². The predicted octanol–water partition coefficient (Wildman–Crippen LogP) is 1.96. The number of likely N-dealkylation sites (N-methyl/N-ethyl adjacent to an activating group) is 1. The lowest BCUT2D eigenvalue weighted by Gasteiger charge is -2.36. The Morgan fingerprint density at radius 1 is 1.37 bits per heavy atom. The highest BCUT2D eigenvalue weighted by Gasteiger charge is 2.35. The molecule has 0 atom stereocenters. The summed E-state index contributed by atoms with van der Waals surface area (Å²) in [6.45, 7) is 3.68. The molecule has 19 heavy (non-hydrogen) atoms. The molecule has 0 unspecified atom stereocenters. The fraction of sp³-hybridized carbons (Fsp3) is 0.800. The molecular weight excluding hydrogens is 240 g/mol. The van der Waals surface area contributed by atoms with Crippen LogP contribution in [0, 0.1) is 0 Å². The Hall–Kier alpha value is -0.870. The lowest BCUT2D eigenvalue weighted by atomic mass is 9.96. The average Bonchev–Trinajstić information content (AvgIpc) is 2.88. The Labute approximate surface area is 117 Å². The quantitative estimate of drug-likeness (QED) is 0.435. The van der Waals surface area contributed by atoms with E-state index in [1.54, 1.807) is 0 Å². The molecule has 0 heterocycles. The molecule has 0 saturated heterocycles. The summed E-state index contributed by atoms with van der Waals surface area (Å²) in [5.41, 5.74) is 1.05. The molecule has 0 aromatic heterocycles. The van der Waals surface area contributed by atoms with Crippen LogP contribution in [-0.4, -0.2) is 50.7 Å². The third kappa shape index (κ3) is 4.32. The van der Waals surface area contributed by atoms with Crippen molar-refractivity contribution in [3.05, 3.63) is 11.6 Å². The van der Waals surface area contributed by atoms with Gasteiger partial charge >= 0.3 is 5.97 Å². The molecule has 1 fully saturated rings. The molecule has 0 radical (unpaired) electrons. The van der Waals surface area contributed by atoms with Crippen molar-refractivity contribution in [3.8, 4) is 0 Å². The van der Waals surface area contributed by atoms with E-state index in [1.807, 2.05) is 13.0 Å². The minimum Gasteiger partial charge on any atom is -0.466 e. The van der Waals surface area contributed by atoms with Crippen molar-refractivity contribution in [1.82, 2.24) is 10.2 Å². The van der Waals surface area contributed by atoms with Crippen LogP contribution in [0.4, 0.5) is 0 Å². The number of methoxy groups -OCH3 is 1. The molecule has 1 N–H and O–H groups in total. The van der Waals surface area contributed by atoms with Gasteiger partial charge in [0, 0.05) is 24.2 Å². The molecule has 1 aliphatic rings. The monoisotopic (exact) mass is 268 g/mol. The average molecular weight is 268 g/mol. The van der Waals surface area contributed by atoms with Gasteiger partial charge in [0.25, 0.3) is 0 Å². The largest absolute Gasteiger partial charge is 0.466 e. The summed E-state index contributed by atoms with van der Waals surface area (Å²) in [6.07, 6.45) is 7.82. The zero-order chi connectivity index (χ0) is 14.3. The third-order valence-electron chi connectivity index (χ3n) is 4.26. The fourth-order valence-corrected chi connectivity index (χ4v) is 2.82. The summed E-state index contributed by atoms with van der Waals surface area (Å²) in [6, 6.07) is 0. The highest BCUT2D eigenvalue weighted by molar-refractivity contribution is 5.88. The first-order valence-corrected chi connectivity index (χ1v) is 7.21. The van der Waals surface area contributed by atoms with Gasteiger partial charge in [0.1, 0.15) is 0 Å². The molecule has 4 heteroatoms. The van der Waals surface area contributed by atoms with E-state index in [1.165, 1.54) is 32.8 Å². The van der Waals surface area contributed by atoms with Crippen LogP contribution < -0.4 is 5.32 Å². The second-order valence-electron chi connectivity index (χ2n) is 5.53. The summed E-state index contributed by atoms with van der Waals surface area (Å²) < 4.78 is 4.75. The Morgan fingerprint density at radius 3 is 2.47 bits per heavy atom. The van der Waals surface area contributed by atoms with Crippen molar-refractivity contribution in [1.29, 1.82) is 0 Å². The van der Waals surface area contributed by atoms with E-state index in [0.29, 0.717) is 12.0 Å². The van der Waals surface area contributed by atoms with Crippen molar-refractivity contribution in [2.24, 2.45) is 0 Å². The van der Waals surface area contributed by atoms with E-state index in [-0.39, 0.29) is 5.97 Å². The Kier molecular flexibility index (Phi) is 6.52. The highest BCUT2D eigenvalue weighted by atomic mass is 16.5. The molecule has 4 nitrogen and oxygen atoms in total. The summed E-state index contributed by atoms with van der Waals surface area (Å²) in [5, 5.41) is 3.47. The van der Waals surface area contributed by atoms with Crippen LogP contribution >= 0.6 is 0 Å². The number of carbonyl (C=O) groups is 1. The number of nitrogens with zero attached hydrogens (tertiary/aromatic N) is 1. The predicted molar refractivity (Wildman–Crippen MR) is 78.1 cm³/mol. The number of hydrogen-bond donors (Lipinski definition) is 1. The standard InChI is InChI=1S/C15H28N2O2/c1-5-13(14(18)19-4)8-11-16-12-15(17(2)3)9-6-7-10-15/h8,16H,5-7,9-12H2,1-4H3. The Balaban J connectivity index is 2.44. The molecule has 1 aliphatic carbocycles. The van der Waals surface area contributed by atoms with Gasteiger partial charge in [0.2, 0.25) is 0 Å². The van der Waals surface area contributed by atoms with Crippen LogP contribution in [0.3, 0.4) is 0 Å². The van der Waals surface area contributed by atoms with E-state index >= 15 is 0 Å². The molecule has 0 aliphatic heterocycles. The maximum absolute atomic E-state index is 11.4. The van der Waals surface area contributed by atoms with Crippen LogP contribution in [0.15, 0.2) is 11.6 Å². The second-order valence-corrected chi connectivity index (χ2v) is 5.53. The molecule has 0 amide bonds. The molecule has 0 bridgehead atoms. The fourth-order valence-electron chi connectivity index (χ4n) is 2.82. The first-order chi connectivity index (χ1) is 9.05. The van der Waals surface area contributed by atoms with Gasteiger partial charge in [-0.25, -0.2) is 4.79 Å². The highest BCUT2D eigenvalue weighted by Crippen LogP contribution is 2.32. The zero-order valence-electron chi connectivity index (χ0n) is 12.8. The van der Waals surface area contributed by atoms with Gasteiger partial charge in [-0.2, -0.15) is 0 Å². The summed E-state index contributed by atoms with van der Waals surface area (Å²) >= 11 is 0. The normalized spacial score (nSPS) is 18.9. The minimum atomic E-state index is -0.215. The molecule has 110 valence electrons. The first-order valence-electron chi connectivity index (χ1n) is 7.21. The van der Waals surface area contributed by atoms with Crippen molar-refractivity contribution in [2.75, 3.05) is 34.3 Å². The molecule has 0 spiro atoms. The van der Waals surface area contributed by atoms with E-state index < -0.39 is 0 Å². The van der Waals surface area contributed by atoms with Crippen LogP contribution in [0.1, 0.15) is 39.0 Å². The van der Waals surface area contributed by atoms with Crippen molar-refractivity contribution < 1.29 is 9.53 Å². The van der Waals surface area contributed by atoms with Gasteiger partial charge in [-0.15, -0.1) is 0 Å². The number of hydrogen-bond acceptors (Lipinski definition) is 4. The summed E-state index contributed by atoms with van der Waals surface area (Å²) in [4.78, 5) is 13.8. The van der Waals surface area contributed by atoms with Crippen LogP contribution in [0.5, 0.6) is 0 Å². The molecule has 1 rings (SSSR count). The Bertz CT molecular complexity index is 318. The summed E-state index contributed by atoms with van der Waals surface area (Å²) in [7, 11) is 5.75. The van der Waals surface area contributed by atoms with Crippen molar-refractivity contribution in [3.63, 3.8) is 0 Å². The number of ether oxygens (including phenoxy) is 1. The zero-order valence-corrected chi connectivity index (χ0v) is 12.8. The third-order valence-corrected chi connectivity index (χ3v) is 4.26. The molecule has 0 aromatic rings. The first kappa shape index (κ1) is 16.2. The van der Waals surface area contributed by atoms with Crippen LogP contribution in [0.25, 0.3) is 0 Å². The van der Waals surface area contributed by atoms with Gasteiger partial charge in [-0.1, -0.05) is 25.8 Å². The van der Waals surface area contributed by atoms with Gasteiger partial charge in [-0.3, -0.25) is 0 Å². The van der Waals surface area contributed by atoms with Gasteiger partial charge in [0.05, 0.1) is 7.11 Å². The lowest BCUT2D eigenvalue weighted by molar-refractivity contribution is -0.136. The molecule has 1 saturated carbocycles. The van der Waals surface area contributed by atoms with Crippen LogP contribution in [-0.2, 0) is 9.53 Å². The number of nitrogens with one attached hydrogen (secondary N) is 1. The number of rotatable bonds is 7. The second kappa shape index (κ2) is 7.65. The SMILES string of the molecule is CCC(=CCNCC1(N(C)C)CCCC1)C(=O)OC. The lowest BCUT2D eigenvalue weighted by Crippen LogP contribution is -2.49. The van der Waals surface area contributed by atoms with E-state index in [4.69, 9.17) is 4.74 Å².